The summed E-state index contributed by atoms with van der Waals surface area (Å²) in [6.07, 6.45) is 3.50. The molecule has 0 aromatic heterocycles. The lowest BCUT2D eigenvalue weighted by atomic mass is 10.2. The lowest BCUT2D eigenvalue weighted by Gasteiger charge is -2.33. The van der Waals surface area contributed by atoms with E-state index in [-0.39, 0.29) is 24.5 Å². The van der Waals surface area contributed by atoms with Gasteiger partial charge in [0.1, 0.15) is 0 Å². The summed E-state index contributed by atoms with van der Waals surface area (Å²) >= 11 is 0. The fourth-order valence-electron chi connectivity index (χ4n) is 3.42. The maximum Gasteiger partial charge on any atom is 0.237 e. The standard InChI is InChI=1S/C15H25N3O3/c1-17-4-5-21-11(7-17)8-18(9-14(16)19)15(20)13-6-12(13)10-2-3-10/h10-13H,2-9H2,1H3,(H2,16,19)/t11-,12-,13+/m0/s1. The summed E-state index contributed by atoms with van der Waals surface area (Å²) in [6, 6.07) is 0. The third-order valence-corrected chi connectivity index (χ3v) is 4.81. The average Bonchev–Trinajstić information content (AvgIpc) is 3.26. The topological polar surface area (TPSA) is 75.9 Å². The largest absolute Gasteiger partial charge is 0.374 e. The Balaban J connectivity index is 1.57. The number of nitrogens with zero attached hydrogens (tertiary/aromatic N) is 2. The number of likely N-dealkylation sites (N-methyl/N-ethyl adjacent to an activating group) is 1. The molecule has 1 aliphatic heterocycles. The van der Waals surface area contributed by atoms with Crippen LogP contribution >= 0.6 is 0 Å². The third kappa shape index (κ3) is 3.74. The highest BCUT2D eigenvalue weighted by molar-refractivity contribution is 5.86. The molecule has 0 radical (unpaired) electrons. The van der Waals surface area contributed by atoms with Gasteiger partial charge in [-0.2, -0.15) is 0 Å². The van der Waals surface area contributed by atoms with Gasteiger partial charge in [-0.1, -0.05) is 0 Å². The molecule has 0 spiro atoms. The van der Waals surface area contributed by atoms with Crippen LogP contribution in [0.2, 0.25) is 0 Å². The first-order chi connectivity index (χ1) is 10.0. The second kappa shape index (κ2) is 5.93. The highest BCUT2D eigenvalue weighted by Crippen LogP contribution is 2.54. The molecule has 3 fully saturated rings. The van der Waals surface area contributed by atoms with Gasteiger partial charge >= 0.3 is 0 Å². The summed E-state index contributed by atoms with van der Waals surface area (Å²) in [5.74, 6) is 1.09. The summed E-state index contributed by atoms with van der Waals surface area (Å²) in [4.78, 5) is 27.7. The van der Waals surface area contributed by atoms with Gasteiger partial charge in [-0.25, -0.2) is 0 Å². The van der Waals surface area contributed by atoms with Crippen LogP contribution in [0.3, 0.4) is 0 Å². The SMILES string of the molecule is CN1CCO[C@H](CN(CC(N)=O)C(=O)[C@@H]2C[C@H]2C2CC2)C1. The minimum Gasteiger partial charge on any atom is -0.374 e. The molecule has 6 heteroatoms. The highest BCUT2D eigenvalue weighted by Gasteiger charge is 2.52. The van der Waals surface area contributed by atoms with Crippen molar-refractivity contribution >= 4 is 11.8 Å². The van der Waals surface area contributed by atoms with Crippen LogP contribution in [0.4, 0.5) is 0 Å². The Morgan fingerprint density at radius 1 is 1.38 bits per heavy atom. The van der Waals surface area contributed by atoms with Crippen LogP contribution in [0.25, 0.3) is 0 Å². The molecule has 0 aromatic carbocycles. The van der Waals surface area contributed by atoms with Crippen molar-refractivity contribution in [3.8, 4) is 0 Å². The van der Waals surface area contributed by atoms with Crippen molar-refractivity contribution < 1.29 is 14.3 Å². The monoisotopic (exact) mass is 295 g/mol. The molecule has 3 aliphatic rings. The van der Waals surface area contributed by atoms with Gasteiger partial charge in [-0.05, 0) is 38.1 Å². The number of hydrogen-bond acceptors (Lipinski definition) is 4. The Hall–Kier alpha value is -1.14. The summed E-state index contributed by atoms with van der Waals surface area (Å²) < 4.78 is 5.71. The molecule has 2 aliphatic carbocycles. The number of rotatable bonds is 6. The van der Waals surface area contributed by atoms with E-state index in [9.17, 15) is 9.59 Å². The van der Waals surface area contributed by atoms with E-state index in [1.54, 1.807) is 4.90 Å². The Labute approximate surface area is 125 Å². The zero-order valence-electron chi connectivity index (χ0n) is 12.7. The smallest absolute Gasteiger partial charge is 0.237 e. The van der Waals surface area contributed by atoms with Crippen molar-refractivity contribution in [2.24, 2.45) is 23.5 Å². The molecular formula is C15H25N3O3. The van der Waals surface area contributed by atoms with E-state index in [0.29, 0.717) is 19.1 Å². The molecule has 2 saturated carbocycles. The normalized spacial score (nSPS) is 32.7. The molecule has 1 saturated heterocycles. The fraction of sp³-hybridized carbons (Fsp3) is 0.867. The van der Waals surface area contributed by atoms with E-state index < -0.39 is 5.91 Å². The average molecular weight is 295 g/mol. The van der Waals surface area contributed by atoms with Gasteiger partial charge in [0, 0.05) is 25.6 Å². The van der Waals surface area contributed by atoms with Gasteiger partial charge in [0.15, 0.2) is 0 Å². The molecule has 2 N–H and O–H groups in total. The maximum atomic E-state index is 12.6. The Bertz CT molecular complexity index is 424. The van der Waals surface area contributed by atoms with Gasteiger partial charge in [0.2, 0.25) is 11.8 Å². The summed E-state index contributed by atoms with van der Waals surface area (Å²) in [5, 5.41) is 0. The molecule has 0 aromatic rings. The molecule has 0 unspecified atom stereocenters. The van der Waals surface area contributed by atoms with Crippen LogP contribution in [0.5, 0.6) is 0 Å². The van der Waals surface area contributed by atoms with Crippen LogP contribution in [-0.4, -0.2) is 67.6 Å². The van der Waals surface area contributed by atoms with Crippen LogP contribution in [0, 0.1) is 17.8 Å². The Kier molecular flexibility index (Phi) is 4.17. The van der Waals surface area contributed by atoms with Gasteiger partial charge in [0.25, 0.3) is 0 Å². The van der Waals surface area contributed by atoms with E-state index in [1.807, 2.05) is 7.05 Å². The molecule has 21 heavy (non-hydrogen) atoms. The minimum atomic E-state index is -0.448. The third-order valence-electron chi connectivity index (χ3n) is 4.81. The molecular weight excluding hydrogens is 270 g/mol. The van der Waals surface area contributed by atoms with Crippen LogP contribution in [-0.2, 0) is 14.3 Å². The van der Waals surface area contributed by atoms with Crippen LogP contribution < -0.4 is 5.73 Å². The molecule has 118 valence electrons. The van der Waals surface area contributed by atoms with Crippen molar-refractivity contribution in [2.75, 3.05) is 39.8 Å². The van der Waals surface area contributed by atoms with Crippen molar-refractivity contribution in [1.82, 2.24) is 9.80 Å². The van der Waals surface area contributed by atoms with Gasteiger partial charge in [0.05, 0.1) is 19.3 Å². The molecule has 2 amide bonds. The number of hydrogen-bond donors (Lipinski definition) is 1. The summed E-state index contributed by atoms with van der Waals surface area (Å²) in [7, 11) is 2.04. The van der Waals surface area contributed by atoms with Gasteiger partial charge < -0.3 is 20.3 Å². The van der Waals surface area contributed by atoms with Crippen molar-refractivity contribution in [3.05, 3.63) is 0 Å². The molecule has 3 atom stereocenters. The number of carbonyl (C=O) groups is 2. The van der Waals surface area contributed by atoms with E-state index >= 15 is 0 Å². The van der Waals surface area contributed by atoms with Crippen molar-refractivity contribution in [1.29, 1.82) is 0 Å². The molecule has 3 rings (SSSR count). The van der Waals surface area contributed by atoms with Gasteiger partial charge in [-0.15, -0.1) is 0 Å². The summed E-state index contributed by atoms with van der Waals surface area (Å²) in [5.41, 5.74) is 5.31. The highest BCUT2D eigenvalue weighted by atomic mass is 16.5. The van der Waals surface area contributed by atoms with E-state index in [4.69, 9.17) is 10.5 Å². The Morgan fingerprint density at radius 2 is 2.14 bits per heavy atom. The zero-order valence-corrected chi connectivity index (χ0v) is 12.7. The summed E-state index contributed by atoms with van der Waals surface area (Å²) in [6.45, 7) is 2.86. The van der Waals surface area contributed by atoms with E-state index in [2.05, 4.69) is 4.90 Å². The fourth-order valence-corrected chi connectivity index (χ4v) is 3.42. The predicted octanol–water partition coefficient (Wildman–Crippen LogP) is -0.323. The first-order valence-corrected chi connectivity index (χ1v) is 7.92. The molecule has 6 nitrogen and oxygen atoms in total. The first kappa shape index (κ1) is 14.8. The Morgan fingerprint density at radius 3 is 2.76 bits per heavy atom. The van der Waals surface area contributed by atoms with Crippen LogP contribution in [0.15, 0.2) is 0 Å². The number of nitrogens with two attached hydrogens (primary N) is 1. The number of amides is 2. The number of primary amides is 1. The second-order valence-corrected chi connectivity index (χ2v) is 6.78. The van der Waals surface area contributed by atoms with E-state index in [1.165, 1.54) is 12.8 Å². The molecule has 1 heterocycles. The van der Waals surface area contributed by atoms with Crippen molar-refractivity contribution in [3.63, 3.8) is 0 Å². The second-order valence-electron chi connectivity index (χ2n) is 6.78. The van der Waals surface area contributed by atoms with Gasteiger partial charge in [-0.3, -0.25) is 9.59 Å². The predicted molar refractivity (Wildman–Crippen MR) is 77.3 cm³/mol. The zero-order chi connectivity index (χ0) is 15.0. The van der Waals surface area contributed by atoms with Crippen molar-refractivity contribution in [2.45, 2.75) is 25.4 Å². The number of carbonyl (C=O) groups excluding carboxylic acids is 2. The number of ether oxygens (including phenoxy) is 1. The lowest BCUT2D eigenvalue weighted by Crippen LogP contribution is -2.49. The minimum absolute atomic E-state index is 0.0102. The quantitative estimate of drug-likeness (QED) is 0.728. The number of morpholine rings is 1. The lowest BCUT2D eigenvalue weighted by molar-refractivity contribution is -0.139. The first-order valence-electron chi connectivity index (χ1n) is 7.92. The van der Waals surface area contributed by atoms with Crippen LogP contribution in [0.1, 0.15) is 19.3 Å². The maximum absolute atomic E-state index is 12.6. The molecule has 0 bridgehead atoms. The van der Waals surface area contributed by atoms with E-state index in [0.717, 1.165) is 25.4 Å².